The molecule has 0 saturated carbocycles. The van der Waals surface area contributed by atoms with Crippen LogP contribution in [0.15, 0.2) is 42.5 Å². The molecule has 0 N–H and O–H groups in total. The Labute approximate surface area is 91.9 Å². The van der Waals surface area contributed by atoms with Crippen molar-refractivity contribution in [1.82, 2.24) is 0 Å². The summed E-state index contributed by atoms with van der Waals surface area (Å²) in [5.41, 5.74) is 1.48. The molecule has 0 spiro atoms. The van der Waals surface area contributed by atoms with Crippen molar-refractivity contribution in [3.63, 3.8) is 0 Å². The maximum absolute atomic E-state index is 2.34. The molecule has 78 valence electrons. The molecule has 0 fully saturated rings. The van der Waals surface area contributed by atoms with Crippen LogP contribution in [0.4, 0.5) is 0 Å². The largest absolute Gasteiger partial charge is 0.0648 e. The van der Waals surface area contributed by atoms with Crippen molar-refractivity contribution < 1.29 is 0 Å². The second-order valence-corrected chi connectivity index (χ2v) is 4.12. The summed E-state index contributed by atoms with van der Waals surface area (Å²) in [5.74, 6) is 0.717. The van der Waals surface area contributed by atoms with E-state index >= 15 is 0 Å². The smallest absolute Gasteiger partial charge is 0.0167 e. The molecule has 0 aliphatic carbocycles. The van der Waals surface area contributed by atoms with Gasteiger partial charge in [0.15, 0.2) is 0 Å². The van der Waals surface area contributed by atoms with Gasteiger partial charge in [-0.2, -0.15) is 0 Å². The molecule has 0 radical (unpaired) electrons. The minimum atomic E-state index is 0.717. The van der Waals surface area contributed by atoms with Gasteiger partial charge in [0.05, 0.1) is 0 Å². The van der Waals surface area contributed by atoms with E-state index in [1.165, 1.54) is 29.2 Å². The highest BCUT2D eigenvalue weighted by atomic mass is 14.1. The molecule has 0 heteroatoms. The number of hydrogen-bond donors (Lipinski definition) is 0. The van der Waals surface area contributed by atoms with Crippen LogP contribution in [0, 0.1) is 0 Å². The summed E-state index contributed by atoms with van der Waals surface area (Å²) in [7, 11) is 0. The lowest BCUT2D eigenvalue weighted by molar-refractivity contribution is 0.643. The zero-order valence-corrected chi connectivity index (χ0v) is 9.53. The topological polar surface area (TPSA) is 0 Å². The van der Waals surface area contributed by atoms with Crippen LogP contribution in [-0.4, -0.2) is 0 Å². The molecule has 0 nitrogen and oxygen atoms in total. The van der Waals surface area contributed by atoms with E-state index in [-0.39, 0.29) is 0 Å². The molecular weight excluding hydrogens is 180 g/mol. The van der Waals surface area contributed by atoms with Crippen molar-refractivity contribution in [3.8, 4) is 0 Å². The van der Waals surface area contributed by atoms with Crippen molar-refractivity contribution in [1.29, 1.82) is 0 Å². The summed E-state index contributed by atoms with van der Waals surface area (Å²) in [4.78, 5) is 0. The van der Waals surface area contributed by atoms with Gasteiger partial charge in [0, 0.05) is 0 Å². The van der Waals surface area contributed by atoms with E-state index in [1.54, 1.807) is 0 Å². The van der Waals surface area contributed by atoms with Gasteiger partial charge in [0.25, 0.3) is 0 Å². The van der Waals surface area contributed by atoms with Gasteiger partial charge in [0.2, 0.25) is 0 Å². The van der Waals surface area contributed by atoms with Crippen molar-refractivity contribution in [2.24, 2.45) is 0 Å². The Morgan fingerprint density at radius 2 is 1.53 bits per heavy atom. The fourth-order valence-corrected chi connectivity index (χ4v) is 2.22. The van der Waals surface area contributed by atoms with E-state index < -0.39 is 0 Å². The maximum Gasteiger partial charge on any atom is -0.0167 e. The number of rotatable bonds is 3. The van der Waals surface area contributed by atoms with Gasteiger partial charge in [-0.1, -0.05) is 56.3 Å². The normalized spacial score (nSPS) is 11.1. The summed E-state index contributed by atoms with van der Waals surface area (Å²) >= 11 is 0. The second-order valence-electron chi connectivity index (χ2n) is 4.12. The summed E-state index contributed by atoms with van der Waals surface area (Å²) in [6.07, 6.45) is 2.46. The molecule has 0 bridgehead atoms. The average molecular weight is 198 g/mol. The van der Waals surface area contributed by atoms with Gasteiger partial charge in [-0.05, 0) is 35.1 Å². The summed E-state index contributed by atoms with van der Waals surface area (Å²) in [6.45, 7) is 4.53. The van der Waals surface area contributed by atoms with Crippen LogP contribution >= 0.6 is 0 Å². The zero-order valence-electron chi connectivity index (χ0n) is 9.53. The molecule has 0 unspecified atom stereocenters. The number of fused-ring (bicyclic) bond motifs is 1. The first kappa shape index (κ1) is 10.2. The summed E-state index contributed by atoms with van der Waals surface area (Å²) < 4.78 is 0. The van der Waals surface area contributed by atoms with Crippen molar-refractivity contribution in [2.75, 3.05) is 0 Å². The Bertz CT molecular complexity index is 438. The first-order valence-electron chi connectivity index (χ1n) is 5.83. The fraction of sp³-hybridized carbons (Fsp3) is 0.333. The van der Waals surface area contributed by atoms with Crippen molar-refractivity contribution in [2.45, 2.75) is 32.6 Å². The molecule has 0 atom stereocenters. The van der Waals surface area contributed by atoms with Crippen LogP contribution in [0.3, 0.4) is 0 Å². The molecule has 0 aromatic heterocycles. The zero-order chi connectivity index (χ0) is 10.7. The minimum Gasteiger partial charge on any atom is -0.0648 e. The van der Waals surface area contributed by atoms with E-state index in [2.05, 4.69) is 56.3 Å². The molecule has 0 heterocycles. The monoisotopic (exact) mass is 198 g/mol. The molecule has 0 aliphatic rings. The Morgan fingerprint density at radius 1 is 0.867 bits per heavy atom. The van der Waals surface area contributed by atoms with Crippen LogP contribution < -0.4 is 0 Å². The first-order valence-corrected chi connectivity index (χ1v) is 5.83. The highest BCUT2D eigenvalue weighted by Crippen LogP contribution is 2.26. The van der Waals surface area contributed by atoms with Gasteiger partial charge < -0.3 is 0 Å². The molecule has 15 heavy (non-hydrogen) atoms. The quantitative estimate of drug-likeness (QED) is 0.668. The fourth-order valence-electron chi connectivity index (χ4n) is 2.22. The van der Waals surface area contributed by atoms with Gasteiger partial charge in [-0.3, -0.25) is 0 Å². The lowest BCUT2D eigenvalue weighted by Gasteiger charge is -2.13. The third-order valence-corrected chi connectivity index (χ3v) is 3.23. The van der Waals surface area contributed by atoms with E-state index in [4.69, 9.17) is 0 Å². The lowest BCUT2D eigenvalue weighted by atomic mass is 9.92. The van der Waals surface area contributed by atoms with E-state index in [9.17, 15) is 0 Å². The SMILES string of the molecule is CCC(CC)c1ccc2ccccc2c1. The van der Waals surface area contributed by atoms with Crippen LogP contribution in [0.1, 0.15) is 38.2 Å². The highest BCUT2D eigenvalue weighted by molar-refractivity contribution is 5.83. The maximum atomic E-state index is 2.34. The van der Waals surface area contributed by atoms with E-state index in [0.717, 1.165) is 5.92 Å². The molecular formula is C15H18. The molecule has 2 aromatic rings. The third kappa shape index (κ3) is 2.04. The van der Waals surface area contributed by atoms with Crippen molar-refractivity contribution >= 4 is 10.8 Å². The second kappa shape index (κ2) is 4.48. The molecule has 0 saturated heterocycles. The predicted octanol–water partition coefficient (Wildman–Crippen LogP) is 4.74. The first-order chi connectivity index (χ1) is 7.35. The van der Waals surface area contributed by atoms with Crippen molar-refractivity contribution in [3.05, 3.63) is 48.0 Å². The summed E-state index contributed by atoms with van der Waals surface area (Å²) in [6, 6.07) is 15.4. The lowest BCUT2D eigenvalue weighted by Crippen LogP contribution is -1.94. The Balaban J connectivity index is 2.46. The number of benzene rings is 2. The Morgan fingerprint density at radius 3 is 2.20 bits per heavy atom. The van der Waals surface area contributed by atoms with Gasteiger partial charge in [0.1, 0.15) is 0 Å². The van der Waals surface area contributed by atoms with E-state index in [0.29, 0.717) is 0 Å². The average Bonchev–Trinajstić information content (AvgIpc) is 2.30. The van der Waals surface area contributed by atoms with Crippen LogP contribution in [0.25, 0.3) is 10.8 Å². The molecule has 0 aliphatic heterocycles. The standard InChI is InChI=1S/C15H18/c1-3-12(4-2)15-10-9-13-7-5-6-8-14(13)11-15/h5-12H,3-4H2,1-2H3. The third-order valence-electron chi connectivity index (χ3n) is 3.23. The minimum absolute atomic E-state index is 0.717. The van der Waals surface area contributed by atoms with Crippen LogP contribution in [0.2, 0.25) is 0 Å². The highest BCUT2D eigenvalue weighted by Gasteiger charge is 2.06. The molecule has 2 aromatic carbocycles. The van der Waals surface area contributed by atoms with Gasteiger partial charge in [-0.15, -0.1) is 0 Å². The van der Waals surface area contributed by atoms with Crippen LogP contribution in [0.5, 0.6) is 0 Å². The summed E-state index contributed by atoms with van der Waals surface area (Å²) in [5, 5.41) is 2.70. The number of hydrogen-bond acceptors (Lipinski definition) is 0. The Kier molecular flexibility index (Phi) is 3.05. The van der Waals surface area contributed by atoms with Crippen LogP contribution in [-0.2, 0) is 0 Å². The molecule has 2 rings (SSSR count). The van der Waals surface area contributed by atoms with E-state index in [1.807, 2.05) is 0 Å². The van der Waals surface area contributed by atoms with Gasteiger partial charge in [-0.25, -0.2) is 0 Å². The molecule has 0 amide bonds. The predicted molar refractivity (Wildman–Crippen MR) is 67.3 cm³/mol. The Hall–Kier alpha value is -1.30. The van der Waals surface area contributed by atoms with Gasteiger partial charge >= 0.3 is 0 Å².